The summed E-state index contributed by atoms with van der Waals surface area (Å²) in [7, 11) is -28.2. The van der Waals surface area contributed by atoms with Gasteiger partial charge >= 0.3 is 0 Å². The summed E-state index contributed by atoms with van der Waals surface area (Å²) in [5.41, 5.74) is -0.0479. The van der Waals surface area contributed by atoms with Crippen molar-refractivity contribution in [2.24, 2.45) is 30.7 Å². The number of nitrogens with zero attached hydrogens (tertiary/aromatic N) is 10. The summed E-state index contributed by atoms with van der Waals surface area (Å²) in [6.45, 7) is 4.23. The Morgan fingerprint density at radius 2 is 1.23 bits per heavy atom. The maximum atomic E-state index is 12.6. The normalized spacial score (nSPS) is 13.2. The van der Waals surface area contributed by atoms with E-state index in [0.29, 0.717) is 34.6 Å². The van der Waals surface area contributed by atoms with Gasteiger partial charge in [-0.2, -0.15) is 60.9 Å². The molecule has 7 N–H and O–H groups in total. The zero-order chi connectivity index (χ0) is 61.8. The summed E-state index contributed by atoms with van der Waals surface area (Å²) in [5, 5.41) is 46.4. The number of rotatable bonds is 21. The predicted octanol–water partition coefficient (Wildman–Crippen LogP) is 9.02. The Bertz CT molecular complexity index is 4970. The molecular weight excluding hydrogens is 1270 g/mol. The summed E-state index contributed by atoms with van der Waals surface area (Å²) in [4.78, 5) is 4.98. The van der Waals surface area contributed by atoms with Gasteiger partial charge in [0.15, 0.2) is 11.3 Å². The van der Waals surface area contributed by atoms with Crippen molar-refractivity contribution >= 4 is 155 Å². The molecule has 39 heteroatoms. The highest BCUT2D eigenvalue weighted by atomic mass is 32.2. The van der Waals surface area contributed by atoms with E-state index in [2.05, 4.69) is 40.7 Å². The molecule has 8 rings (SSSR count). The molecule has 0 aliphatic carbocycles. The van der Waals surface area contributed by atoms with E-state index in [-0.39, 0.29) is 113 Å². The molecule has 31 nitrogen and oxygen atoms in total. The lowest BCUT2D eigenvalue weighted by Gasteiger charge is -2.12. The van der Waals surface area contributed by atoms with Crippen molar-refractivity contribution in [2.45, 2.75) is 58.1 Å². The highest BCUT2D eigenvalue weighted by molar-refractivity contribution is 7.99. The number of thiazole rings is 1. The van der Waals surface area contributed by atoms with Crippen molar-refractivity contribution in [1.29, 1.82) is 5.26 Å². The molecule has 0 atom stereocenters. The Hall–Kier alpha value is -7.30. The number of azo groups is 3. The van der Waals surface area contributed by atoms with Crippen LogP contribution in [0.3, 0.4) is 0 Å². The molecule has 0 aliphatic heterocycles. The number of methoxy groups -OCH3 is 1. The van der Waals surface area contributed by atoms with Gasteiger partial charge in [-0.05, 0) is 93.0 Å². The Labute approximate surface area is 484 Å². The second-order valence-corrected chi connectivity index (χ2v) is 28.7. The summed E-state index contributed by atoms with van der Waals surface area (Å²) >= 11 is 1.58. The van der Waals surface area contributed by atoms with Crippen LogP contribution in [0, 0.1) is 32.1 Å². The van der Waals surface area contributed by atoms with Crippen molar-refractivity contribution in [3.63, 3.8) is 0 Å². The van der Waals surface area contributed by atoms with Crippen LogP contribution in [0.5, 0.6) is 17.4 Å². The van der Waals surface area contributed by atoms with Gasteiger partial charge in [-0.3, -0.25) is 31.7 Å². The Balaban J connectivity index is 1.20. The number of nitriles is 1. The zero-order valence-electron chi connectivity index (χ0n) is 43.0. The average molecular weight is 1310 g/mol. The van der Waals surface area contributed by atoms with E-state index in [9.17, 15) is 88.2 Å². The number of fused-ring (bicyclic) bond motifs is 6. The van der Waals surface area contributed by atoms with Gasteiger partial charge in [0.25, 0.3) is 60.7 Å². The molecule has 0 amide bonds. The van der Waals surface area contributed by atoms with Gasteiger partial charge in [-0.15, -0.1) is 37.3 Å². The van der Waals surface area contributed by atoms with E-state index >= 15 is 0 Å². The van der Waals surface area contributed by atoms with Crippen LogP contribution in [0.15, 0.2) is 110 Å². The molecule has 0 fully saturated rings. The van der Waals surface area contributed by atoms with Gasteiger partial charge in [0.2, 0.25) is 11.0 Å². The lowest BCUT2D eigenvalue weighted by Crippen LogP contribution is -2.08. The summed E-state index contributed by atoms with van der Waals surface area (Å²) in [6.07, 6.45) is -0.293. The highest BCUT2D eigenvalue weighted by Crippen LogP contribution is 2.45. The van der Waals surface area contributed by atoms with E-state index in [1.54, 1.807) is 13.8 Å². The van der Waals surface area contributed by atoms with Crippen molar-refractivity contribution in [3.05, 3.63) is 76.9 Å². The summed E-state index contributed by atoms with van der Waals surface area (Å²) < 4.78 is 215. The Kier molecular flexibility index (Phi) is 17.4. The Morgan fingerprint density at radius 1 is 0.631 bits per heavy atom. The molecule has 84 heavy (non-hydrogen) atoms. The fraction of sp³-hybridized carbons (Fsp3) is 0.222. The van der Waals surface area contributed by atoms with Crippen LogP contribution in [0.1, 0.15) is 35.1 Å². The molecule has 0 saturated heterocycles. The van der Waals surface area contributed by atoms with E-state index < -0.39 is 109 Å². The number of imidazole rings is 1. The van der Waals surface area contributed by atoms with Gasteiger partial charge in [0, 0.05) is 33.4 Å². The van der Waals surface area contributed by atoms with Crippen LogP contribution in [-0.2, 0) is 60.7 Å². The molecule has 0 saturated carbocycles. The largest absolute Gasteiger partial charge is 0.495 e. The third kappa shape index (κ3) is 13.8. The van der Waals surface area contributed by atoms with Crippen molar-refractivity contribution < 1.29 is 92.4 Å². The van der Waals surface area contributed by atoms with Crippen molar-refractivity contribution in [1.82, 2.24) is 14.4 Å². The standard InChI is InChI=1S/C45H40N10O21S8/c1-21-11-31(51-53-40-23(3)27(20-46)43-47-30-18-38(83(69,70)71)35(75-4)19-33(30)55(43)44(40)56)34(76-7-5-9-79(57,58)59)16-28(21)49-52-32-12-22(2)29(17-36(32)77-8-6-10-80(60,61)62)50-54-45-48-41-39(84(72,73)74)15-25-26(42(41)78-45)13-24(81(63,64)65)14-37(25)82(66,67)68/h11-19,56H,5-10H2,1-4H3,(H,57,58,59)(H,60,61,62)(H,63,64,65)(H,66,67,68)(H,69,70,71)(H,72,73,74). The predicted molar refractivity (Wildman–Crippen MR) is 300 cm³/mol. The minimum Gasteiger partial charge on any atom is -0.495 e. The molecule has 3 heterocycles. The summed E-state index contributed by atoms with van der Waals surface area (Å²) in [5.74, 6) is -2.31. The fourth-order valence-corrected chi connectivity index (χ4v) is 13.9. The molecule has 3 aromatic heterocycles. The first kappa shape index (κ1) is 62.7. The SMILES string of the molecule is COc1cc2c(cc1S(=O)(=O)O)nc1c(C#N)c(C)c(N=Nc3cc(C)c(N=Nc4cc(C)c(N=Nc5nc6c(S(=O)(=O)O)cc7c(S(=O)(=O)O)cc(S(=O)(=O)O)cc7c6s5)cc4SCCCS(=O)(=O)O)cc3OCCCS(=O)(=O)O)c(O)n12. The van der Waals surface area contributed by atoms with Crippen LogP contribution in [0.4, 0.5) is 33.6 Å². The first-order valence-corrected chi connectivity index (χ1v) is 33.9. The topological polar surface area (TPSA) is 493 Å². The van der Waals surface area contributed by atoms with E-state index in [1.165, 1.54) is 31.2 Å². The first-order valence-electron chi connectivity index (χ1n) is 23.1. The molecule has 0 unspecified atom stereocenters. The van der Waals surface area contributed by atoms with E-state index in [1.807, 2.05) is 6.07 Å². The van der Waals surface area contributed by atoms with Crippen LogP contribution >= 0.6 is 23.1 Å². The quantitative estimate of drug-likeness (QED) is 0.0153. The third-order valence-electron chi connectivity index (χ3n) is 12.0. The van der Waals surface area contributed by atoms with Gasteiger partial charge in [-0.1, -0.05) is 11.3 Å². The molecule has 5 aromatic carbocycles. The smallest absolute Gasteiger partial charge is 0.298 e. The number of aromatic nitrogens is 3. The number of benzene rings is 5. The van der Waals surface area contributed by atoms with Crippen LogP contribution < -0.4 is 9.47 Å². The minimum atomic E-state index is -5.31. The Morgan fingerprint density at radius 3 is 1.83 bits per heavy atom. The van der Waals surface area contributed by atoms with Crippen molar-refractivity contribution in [2.75, 3.05) is 31.0 Å². The van der Waals surface area contributed by atoms with Gasteiger partial charge in [-0.25, -0.2) is 9.97 Å². The van der Waals surface area contributed by atoms with Gasteiger partial charge in [0.05, 0.1) is 62.9 Å². The van der Waals surface area contributed by atoms with Gasteiger partial charge in [0.1, 0.15) is 49.0 Å². The highest BCUT2D eigenvalue weighted by Gasteiger charge is 2.29. The van der Waals surface area contributed by atoms with Crippen LogP contribution in [-0.4, -0.2) is 128 Å². The summed E-state index contributed by atoms with van der Waals surface area (Å²) in [6, 6.07) is 11.6. The molecule has 0 spiro atoms. The second kappa shape index (κ2) is 23.3. The molecule has 0 radical (unpaired) electrons. The number of aromatic hydroxyl groups is 1. The maximum absolute atomic E-state index is 12.6. The number of ether oxygens (including phenoxy) is 2. The zero-order valence-corrected chi connectivity index (χ0v) is 49.6. The number of thioether (sulfide) groups is 1. The molecule has 444 valence electrons. The molecule has 0 aliphatic rings. The second-order valence-electron chi connectivity index (χ2n) is 17.8. The first-order chi connectivity index (χ1) is 39.0. The monoisotopic (exact) mass is 1310 g/mol. The van der Waals surface area contributed by atoms with Gasteiger partial charge < -0.3 is 14.6 Å². The third-order valence-corrected chi connectivity index (χ3v) is 19.2. The van der Waals surface area contributed by atoms with Crippen LogP contribution in [0.2, 0.25) is 0 Å². The number of hydrogen-bond donors (Lipinski definition) is 7. The van der Waals surface area contributed by atoms with Crippen LogP contribution in [0.25, 0.3) is 37.7 Å². The number of pyridine rings is 1. The molecular formula is C45H40N10O21S8. The minimum absolute atomic E-state index is 0.0328. The molecule has 0 bridgehead atoms. The van der Waals surface area contributed by atoms with Crippen molar-refractivity contribution in [3.8, 4) is 23.4 Å². The lowest BCUT2D eigenvalue weighted by molar-refractivity contribution is 0.317. The fourth-order valence-electron chi connectivity index (χ4n) is 8.12. The molecule has 8 aromatic rings. The van der Waals surface area contributed by atoms with E-state index in [0.717, 1.165) is 41.5 Å². The lowest BCUT2D eigenvalue weighted by atomic mass is 10.1. The average Bonchev–Trinajstić information content (AvgIpc) is 1.54. The number of hydrogen-bond acceptors (Lipinski definition) is 26. The maximum Gasteiger partial charge on any atom is 0.298 e. The van der Waals surface area contributed by atoms with E-state index in [4.69, 9.17) is 9.47 Å². The number of aryl methyl sites for hydroxylation is 2.